The molecule has 19 heavy (non-hydrogen) atoms. The summed E-state index contributed by atoms with van der Waals surface area (Å²) in [5, 5.41) is 8.78. The third kappa shape index (κ3) is 3.07. The molecule has 0 spiro atoms. The van der Waals surface area contributed by atoms with E-state index in [1.807, 2.05) is 30.3 Å². The van der Waals surface area contributed by atoms with Gasteiger partial charge >= 0.3 is 5.97 Å². The summed E-state index contributed by atoms with van der Waals surface area (Å²) in [4.78, 5) is 10.7. The van der Waals surface area contributed by atoms with Crippen molar-refractivity contribution in [1.29, 1.82) is 0 Å². The largest absolute Gasteiger partial charge is 0.478 e. The van der Waals surface area contributed by atoms with Crippen LogP contribution in [0.1, 0.15) is 12.5 Å². The number of hydrogen-bond acceptors (Lipinski definition) is 1. The van der Waals surface area contributed by atoms with Crippen LogP contribution in [0, 0.1) is 5.82 Å². The van der Waals surface area contributed by atoms with E-state index in [2.05, 4.69) is 0 Å². The maximum Gasteiger partial charge on any atom is 0.331 e. The van der Waals surface area contributed by atoms with Crippen LogP contribution < -0.4 is 0 Å². The molecule has 0 aliphatic heterocycles. The number of carboxylic acid groups (broad SMARTS) is 1. The SMILES string of the molecule is CC(=Cc1ccc(-c2ccccc2)c(F)c1)C(=O)O. The van der Waals surface area contributed by atoms with Crippen LogP contribution in [-0.4, -0.2) is 11.1 Å². The number of aliphatic carboxylic acids is 1. The highest BCUT2D eigenvalue weighted by Crippen LogP contribution is 2.24. The van der Waals surface area contributed by atoms with Crippen LogP contribution in [0.3, 0.4) is 0 Å². The van der Waals surface area contributed by atoms with Crippen LogP contribution >= 0.6 is 0 Å². The molecule has 0 unspecified atom stereocenters. The third-order valence-electron chi connectivity index (χ3n) is 2.80. The molecule has 0 aliphatic rings. The molecule has 0 amide bonds. The van der Waals surface area contributed by atoms with Gasteiger partial charge in [-0.2, -0.15) is 0 Å². The number of carboxylic acids is 1. The molecule has 0 aliphatic carbocycles. The first kappa shape index (κ1) is 13.0. The molecule has 0 heterocycles. The fraction of sp³-hybridized carbons (Fsp3) is 0.0625. The van der Waals surface area contributed by atoms with Gasteiger partial charge in [-0.25, -0.2) is 9.18 Å². The average Bonchev–Trinajstić information content (AvgIpc) is 2.39. The summed E-state index contributed by atoms with van der Waals surface area (Å²) in [6.07, 6.45) is 1.44. The summed E-state index contributed by atoms with van der Waals surface area (Å²) in [6.45, 7) is 1.48. The molecule has 2 nitrogen and oxygen atoms in total. The van der Waals surface area contributed by atoms with Gasteiger partial charge in [-0.3, -0.25) is 0 Å². The number of benzene rings is 2. The highest BCUT2D eigenvalue weighted by atomic mass is 19.1. The van der Waals surface area contributed by atoms with Gasteiger partial charge in [0.05, 0.1) is 0 Å². The summed E-state index contributed by atoms with van der Waals surface area (Å²) in [7, 11) is 0. The second-order valence-corrected chi connectivity index (χ2v) is 4.24. The zero-order valence-corrected chi connectivity index (χ0v) is 10.4. The van der Waals surface area contributed by atoms with Crippen LogP contribution in [0.25, 0.3) is 17.2 Å². The van der Waals surface area contributed by atoms with Gasteiger partial charge in [0.15, 0.2) is 0 Å². The van der Waals surface area contributed by atoms with Crippen LogP contribution in [0.5, 0.6) is 0 Å². The number of halogens is 1. The first-order valence-electron chi connectivity index (χ1n) is 5.84. The summed E-state index contributed by atoms with van der Waals surface area (Å²) >= 11 is 0. The van der Waals surface area contributed by atoms with Gasteiger partial charge in [-0.15, -0.1) is 0 Å². The van der Waals surface area contributed by atoms with Crippen LogP contribution in [0.2, 0.25) is 0 Å². The maximum atomic E-state index is 14.0. The molecule has 2 aromatic carbocycles. The fourth-order valence-corrected chi connectivity index (χ4v) is 1.78. The first-order chi connectivity index (χ1) is 9.08. The molecule has 0 aromatic heterocycles. The second-order valence-electron chi connectivity index (χ2n) is 4.24. The number of carbonyl (C=O) groups is 1. The van der Waals surface area contributed by atoms with Crippen molar-refractivity contribution in [2.75, 3.05) is 0 Å². The minimum atomic E-state index is -1.01. The van der Waals surface area contributed by atoms with Crippen molar-refractivity contribution in [2.45, 2.75) is 6.92 Å². The Morgan fingerprint density at radius 1 is 1.16 bits per heavy atom. The molecule has 2 aromatic rings. The fourth-order valence-electron chi connectivity index (χ4n) is 1.78. The van der Waals surface area contributed by atoms with Gasteiger partial charge in [0, 0.05) is 11.1 Å². The molecule has 1 N–H and O–H groups in total. The molecule has 0 bridgehead atoms. The standard InChI is InChI=1S/C16H13FO2/c1-11(16(18)19)9-12-7-8-14(15(17)10-12)13-5-3-2-4-6-13/h2-10H,1H3,(H,18,19). The second kappa shape index (κ2) is 5.48. The summed E-state index contributed by atoms with van der Waals surface area (Å²) in [5.41, 5.74) is 2.01. The molecular weight excluding hydrogens is 243 g/mol. The molecule has 0 fully saturated rings. The predicted octanol–water partition coefficient (Wildman–Crippen LogP) is 3.98. The van der Waals surface area contributed by atoms with E-state index in [9.17, 15) is 9.18 Å². The predicted molar refractivity (Wildman–Crippen MR) is 73.1 cm³/mol. The van der Waals surface area contributed by atoms with Crippen molar-refractivity contribution < 1.29 is 14.3 Å². The van der Waals surface area contributed by atoms with Gasteiger partial charge < -0.3 is 5.11 Å². The van der Waals surface area contributed by atoms with E-state index in [0.717, 1.165) is 5.56 Å². The monoisotopic (exact) mass is 256 g/mol. The van der Waals surface area contributed by atoms with Gasteiger partial charge in [0.2, 0.25) is 0 Å². The lowest BCUT2D eigenvalue weighted by Crippen LogP contribution is -1.95. The Kier molecular flexibility index (Phi) is 3.76. The molecule has 3 heteroatoms. The summed E-state index contributed by atoms with van der Waals surface area (Å²) in [6, 6.07) is 13.9. The summed E-state index contributed by atoms with van der Waals surface area (Å²) < 4.78 is 14.0. The van der Waals surface area contributed by atoms with E-state index >= 15 is 0 Å². The Morgan fingerprint density at radius 3 is 2.42 bits per heavy atom. The normalized spacial score (nSPS) is 11.4. The van der Waals surface area contributed by atoms with Crippen molar-refractivity contribution >= 4 is 12.0 Å². The third-order valence-corrected chi connectivity index (χ3v) is 2.80. The van der Waals surface area contributed by atoms with Crippen LogP contribution in [0.15, 0.2) is 54.1 Å². The zero-order valence-electron chi connectivity index (χ0n) is 10.4. The Bertz CT molecular complexity index is 630. The van der Waals surface area contributed by atoms with E-state index in [1.165, 1.54) is 19.1 Å². The molecular formula is C16H13FO2. The van der Waals surface area contributed by atoms with E-state index < -0.39 is 5.97 Å². The van der Waals surface area contributed by atoms with Gasteiger partial charge in [0.1, 0.15) is 5.82 Å². The first-order valence-corrected chi connectivity index (χ1v) is 5.84. The van der Waals surface area contributed by atoms with Gasteiger partial charge in [0.25, 0.3) is 0 Å². The number of rotatable bonds is 3. The molecule has 96 valence electrons. The van der Waals surface area contributed by atoms with E-state index in [1.54, 1.807) is 12.1 Å². The smallest absolute Gasteiger partial charge is 0.331 e. The Morgan fingerprint density at radius 2 is 1.84 bits per heavy atom. The molecule has 0 saturated carbocycles. The van der Waals surface area contributed by atoms with E-state index in [-0.39, 0.29) is 11.4 Å². The lowest BCUT2D eigenvalue weighted by atomic mass is 10.0. The lowest BCUT2D eigenvalue weighted by molar-refractivity contribution is -0.132. The van der Waals surface area contributed by atoms with Crippen LogP contribution in [-0.2, 0) is 4.79 Å². The highest BCUT2D eigenvalue weighted by Gasteiger charge is 2.06. The van der Waals surface area contributed by atoms with Crippen LogP contribution in [0.4, 0.5) is 4.39 Å². The van der Waals surface area contributed by atoms with Crippen molar-refractivity contribution in [3.63, 3.8) is 0 Å². The van der Waals surface area contributed by atoms with Gasteiger partial charge in [-0.1, -0.05) is 42.5 Å². The average molecular weight is 256 g/mol. The Labute approximate surface area is 110 Å². The van der Waals surface area contributed by atoms with Crippen molar-refractivity contribution in [1.82, 2.24) is 0 Å². The zero-order chi connectivity index (χ0) is 13.8. The topological polar surface area (TPSA) is 37.3 Å². The van der Waals surface area contributed by atoms with E-state index in [0.29, 0.717) is 11.1 Å². The van der Waals surface area contributed by atoms with Crippen molar-refractivity contribution in [3.8, 4) is 11.1 Å². The molecule has 0 saturated heterocycles. The van der Waals surface area contributed by atoms with Crippen molar-refractivity contribution in [3.05, 3.63) is 65.5 Å². The van der Waals surface area contributed by atoms with E-state index in [4.69, 9.17) is 5.11 Å². The maximum absolute atomic E-state index is 14.0. The summed E-state index contributed by atoms with van der Waals surface area (Å²) in [5.74, 6) is -1.37. The van der Waals surface area contributed by atoms with Gasteiger partial charge in [-0.05, 0) is 30.2 Å². The molecule has 0 atom stereocenters. The minimum Gasteiger partial charge on any atom is -0.478 e. The lowest BCUT2D eigenvalue weighted by Gasteiger charge is -2.04. The quantitative estimate of drug-likeness (QED) is 0.843. The Balaban J connectivity index is 2.38. The minimum absolute atomic E-state index is 0.173. The molecule has 2 rings (SSSR count). The Hall–Kier alpha value is -2.42. The molecule has 0 radical (unpaired) electrons. The number of hydrogen-bond donors (Lipinski definition) is 1. The highest BCUT2D eigenvalue weighted by molar-refractivity contribution is 5.91. The van der Waals surface area contributed by atoms with Crippen molar-refractivity contribution in [2.24, 2.45) is 0 Å².